The fourth-order valence-corrected chi connectivity index (χ4v) is 4.34. The topological polar surface area (TPSA) is 49.8 Å². The average molecular weight is 484 g/mol. The number of benzene rings is 3. The van der Waals surface area contributed by atoms with Crippen LogP contribution in [0.25, 0.3) is 5.57 Å². The lowest BCUT2D eigenvalue weighted by Gasteiger charge is -2.26. The first kappa shape index (κ1) is 25.2. The molecule has 0 bridgehead atoms. The number of carboxylic acid groups (broad SMARTS) is 1. The molecule has 0 spiro atoms. The van der Waals surface area contributed by atoms with Crippen LogP contribution in [-0.2, 0) is 17.9 Å². The molecule has 1 heterocycles. The van der Waals surface area contributed by atoms with Crippen LogP contribution in [0.5, 0.6) is 5.75 Å². The minimum Gasteiger partial charge on any atom is -0.489 e. The minimum absolute atomic E-state index is 0.0173. The number of hydrogen-bond donors (Lipinski definition) is 1. The second-order valence-corrected chi connectivity index (χ2v) is 8.94. The van der Waals surface area contributed by atoms with Gasteiger partial charge in [-0.3, -0.25) is 9.69 Å². The molecule has 4 rings (SSSR count). The Labute approximate surface area is 212 Å². The Morgan fingerprint density at radius 2 is 1.72 bits per heavy atom. The number of carboxylic acids is 1. The molecule has 5 heteroatoms. The van der Waals surface area contributed by atoms with E-state index >= 15 is 0 Å². The van der Waals surface area contributed by atoms with Gasteiger partial charge in [-0.25, -0.2) is 4.39 Å². The van der Waals surface area contributed by atoms with Crippen molar-refractivity contribution in [1.82, 2.24) is 4.90 Å². The summed E-state index contributed by atoms with van der Waals surface area (Å²) in [5.74, 6) is 5.12. The first-order valence-electron chi connectivity index (χ1n) is 12.1. The molecule has 0 amide bonds. The van der Waals surface area contributed by atoms with Gasteiger partial charge in [0.05, 0.1) is 12.3 Å². The maximum Gasteiger partial charge on any atom is 0.304 e. The van der Waals surface area contributed by atoms with Crippen molar-refractivity contribution in [3.8, 4) is 17.6 Å². The van der Waals surface area contributed by atoms with Crippen LogP contribution >= 0.6 is 0 Å². The van der Waals surface area contributed by atoms with Crippen molar-refractivity contribution in [1.29, 1.82) is 0 Å². The van der Waals surface area contributed by atoms with Crippen LogP contribution in [0.2, 0.25) is 0 Å². The van der Waals surface area contributed by atoms with Crippen molar-refractivity contribution in [2.45, 2.75) is 38.8 Å². The predicted octanol–water partition coefficient (Wildman–Crippen LogP) is 6.28. The summed E-state index contributed by atoms with van der Waals surface area (Å²) in [6, 6.07) is 22.7. The van der Waals surface area contributed by atoms with E-state index in [2.05, 4.69) is 47.1 Å². The Morgan fingerprint density at radius 3 is 2.33 bits per heavy atom. The highest BCUT2D eigenvalue weighted by molar-refractivity contribution is 5.69. The van der Waals surface area contributed by atoms with Gasteiger partial charge in [0, 0.05) is 19.6 Å². The molecular weight excluding hydrogens is 453 g/mol. The zero-order valence-corrected chi connectivity index (χ0v) is 20.4. The third-order valence-corrected chi connectivity index (χ3v) is 6.32. The molecule has 0 aromatic heterocycles. The van der Waals surface area contributed by atoms with Gasteiger partial charge in [-0.05, 0) is 65.4 Å². The Morgan fingerprint density at radius 1 is 1.03 bits per heavy atom. The van der Waals surface area contributed by atoms with Crippen LogP contribution in [0.4, 0.5) is 4.39 Å². The first-order valence-corrected chi connectivity index (χ1v) is 12.1. The molecule has 0 saturated carbocycles. The molecule has 1 aliphatic heterocycles. The molecule has 1 unspecified atom stereocenters. The lowest BCUT2D eigenvalue weighted by molar-refractivity contribution is -0.137. The predicted molar refractivity (Wildman–Crippen MR) is 140 cm³/mol. The van der Waals surface area contributed by atoms with Crippen molar-refractivity contribution in [3.63, 3.8) is 0 Å². The molecule has 3 aromatic carbocycles. The van der Waals surface area contributed by atoms with Gasteiger partial charge in [0.15, 0.2) is 0 Å². The molecule has 1 aliphatic rings. The van der Waals surface area contributed by atoms with E-state index in [4.69, 9.17) is 9.84 Å². The molecule has 1 N–H and O–H groups in total. The highest BCUT2D eigenvalue weighted by atomic mass is 19.1. The van der Waals surface area contributed by atoms with Gasteiger partial charge >= 0.3 is 5.97 Å². The van der Waals surface area contributed by atoms with E-state index in [-0.39, 0.29) is 18.2 Å². The Balaban J connectivity index is 1.27. The monoisotopic (exact) mass is 483 g/mol. The van der Waals surface area contributed by atoms with Crippen molar-refractivity contribution in [2.75, 3.05) is 13.1 Å². The summed E-state index contributed by atoms with van der Waals surface area (Å²) in [5, 5.41) is 9.10. The van der Waals surface area contributed by atoms with Gasteiger partial charge in [-0.15, -0.1) is 5.92 Å². The van der Waals surface area contributed by atoms with Crippen LogP contribution in [0, 0.1) is 17.7 Å². The number of ether oxygens (including phenoxy) is 1. The first-order chi connectivity index (χ1) is 17.5. The highest BCUT2D eigenvalue weighted by Gasteiger charge is 2.14. The Bertz CT molecular complexity index is 1250. The lowest BCUT2D eigenvalue weighted by atomic mass is 9.96. The summed E-state index contributed by atoms with van der Waals surface area (Å²) < 4.78 is 19.1. The van der Waals surface area contributed by atoms with Gasteiger partial charge in [0.1, 0.15) is 18.2 Å². The van der Waals surface area contributed by atoms with Crippen LogP contribution in [0.3, 0.4) is 0 Å². The number of nitrogens with zero attached hydrogens (tertiary/aromatic N) is 1. The molecule has 3 aromatic rings. The van der Waals surface area contributed by atoms with E-state index in [9.17, 15) is 9.18 Å². The van der Waals surface area contributed by atoms with Crippen LogP contribution in [-0.4, -0.2) is 29.1 Å². The largest absolute Gasteiger partial charge is 0.489 e. The van der Waals surface area contributed by atoms with Gasteiger partial charge < -0.3 is 9.84 Å². The number of aliphatic carboxylic acids is 1. The highest BCUT2D eigenvalue weighted by Crippen LogP contribution is 2.24. The van der Waals surface area contributed by atoms with Crippen molar-refractivity contribution >= 4 is 11.5 Å². The van der Waals surface area contributed by atoms with Crippen LogP contribution < -0.4 is 4.74 Å². The smallest absolute Gasteiger partial charge is 0.304 e. The Kier molecular flexibility index (Phi) is 8.54. The minimum atomic E-state index is -0.863. The van der Waals surface area contributed by atoms with Gasteiger partial charge in [-0.1, -0.05) is 60.5 Å². The summed E-state index contributed by atoms with van der Waals surface area (Å²) in [6.07, 6.45) is 3.18. The second kappa shape index (κ2) is 12.2. The van der Waals surface area contributed by atoms with Crippen molar-refractivity contribution in [3.05, 3.63) is 107 Å². The van der Waals surface area contributed by atoms with E-state index in [1.54, 1.807) is 6.92 Å². The second-order valence-electron chi connectivity index (χ2n) is 8.94. The van der Waals surface area contributed by atoms with E-state index in [1.165, 1.54) is 23.3 Å². The maximum atomic E-state index is 13.2. The quantitative estimate of drug-likeness (QED) is 0.364. The van der Waals surface area contributed by atoms with Gasteiger partial charge in [0.2, 0.25) is 0 Å². The molecule has 1 atom stereocenters. The number of rotatable bonds is 9. The third-order valence-electron chi connectivity index (χ3n) is 6.32. The fourth-order valence-electron chi connectivity index (χ4n) is 4.34. The fraction of sp³-hybridized carbons (Fsp3) is 0.258. The van der Waals surface area contributed by atoms with E-state index < -0.39 is 5.97 Å². The molecule has 4 nitrogen and oxygen atoms in total. The van der Waals surface area contributed by atoms with Crippen molar-refractivity contribution < 1.29 is 19.0 Å². The van der Waals surface area contributed by atoms with Crippen LogP contribution in [0.15, 0.2) is 78.9 Å². The number of carbonyl (C=O) groups is 1. The normalized spacial score (nSPS) is 14.3. The number of halogens is 1. The summed E-state index contributed by atoms with van der Waals surface area (Å²) in [6.45, 7) is 4.91. The molecule has 0 radical (unpaired) electrons. The van der Waals surface area contributed by atoms with Crippen molar-refractivity contribution in [2.24, 2.45) is 0 Å². The van der Waals surface area contributed by atoms with E-state index in [0.717, 1.165) is 48.5 Å². The summed E-state index contributed by atoms with van der Waals surface area (Å²) >= 11 is 0. The molecule has 36 heavy (non-hydrogen) atoms. The molecule has 0 aliphatic carbocycles. The molecular formula is C31H30FNO3. The SMILES string of the molecule is CC#CC(CC(=O)O)c1ccc(OCc2ccc(CN3CC=C(c4ccc(F)cc4)CC3)cc2)cc1. The third kappa shape index (κ3) is 7.07. The molecule has 0 fully saturated rings. The van der Waals surface area contributed by atoms with Crippen LogP contribution in [0.1, 0.15) is 47.9 Å². The zero-order chi connectivity index (χ0) is 25.3. The lowest BCUT2D eigenvalue weighted by Crippen LogP contribution is -2.28. The summed E-state index contributed by atoms with van der Waals surface area (Å²) in [5.41, 5.74) is 5.59. The van der Waals surface area contributed by atoms with E-state index in [1.807, 2.05) is 36.4 Å². The summed E-state index contributed by atoms with van der Waals surface area (Å²) in [7, 11) is 0. The molecule has 0 saturated heterocycles. The maximum absolute atomic E-state index is 13.2. The Hall–Kier alpha value is -3.88. The van der Waals surface area contributed by atoms with Gasteiger partial charge in [-0.2, -0.15) is 0 Å². The van der Waals surface area contributed by atoms with Gasteiger partial charge in [0.25, 0.3) is 0 Å². The van der Waals surface area contributed by atoms with E-state index in [0.29, 0.717) is 6.61 Å². The standard InChI is InChI=1S/C31H30FNO3/c1-2-3-28(20-31(34)35)26-10-14-30(15-11-26)36-22-24-6-4-23(5-7-24)21-33-18-16-27(17-19-33)25-8-12-29(32)13-9-25/h4-16,28H,17-22H2,1H3,(H,34,35). The average Bonchev–Trinajstić information content (AvgIpc) is 2.89. The number of hydrogen-bond acceptors (Lipinski definition) is 3. The molecule has 184 valence electrons. The zero-order valence-electron chi connectivity index (χ0n) is 20.4. The summed E-state index contributed by atoms with van der Waals surface area (Å²) in [4.78, 5) is 13.5.